The lowest BCUT2D eigenvalue weighted by atomic mass is 10.2. The van der Waals surface area contributed by atoms with Crippen molar-refractivity contribution in [3.05, 3.63) is 35.5 Å². The van der Waals surface area contributed by atoms with Crippen molar-refractivity contribution in [3.63, 3.8) is 0 Å². The van der Waals surface area contributed by atoms with Gasteiger partial charge in [0.15, 0.2) is 11.1 Å². The van der Waals surface area contributed by atoms with Crippen LogP contribution in [0.15, 0.2) is 34.9 Å². The number of rotatable bonds is 4. The van der Waals surface area contributed by atoms with Gasteiger partial charge in [0.1, 0.15) is 5.82 Å². The molecule has 0 bridgehead atoms. The fraction of sp³-hybridized carbons (Fsp3) is 0.526. The number of thiazole rings is 1. The van der Waals surface area contributed by atoms with Crippen LogP contribution in [-0.2, 0) is 11.3 Å². The Morgan fingerprint density at radius 3 is 2.75 bits per heavy atom. The zero-order valence-electron chi connectivity index (χ0n) is 16.2. The molecule has 2 aromatic heterocycles. The third kappa shape index (κ3) is 4.53. The normalized spacial score (nSPS) is 21.2. The quantitative estimate of drug-likeness (QED) is 0.612. The number of morpholine rings is 1. The molecule has 1 atom stereocenters. The maximum atomic E-state index is 6.22. The van der Waals surface area contributed by atoms with Gasteiger partial charge < -0.3 is 25.2 Å². The van der Waals surface area contributed by atoms with Crippen LogP contribution in [0.2, 0.25) is 0 Å². The summed E-state index contributed by atoms with van der Waals surface area (Å²) in [7, 11) is 0. The Morgan fingerprint density at radius 2 is 2.07 bits per heavy atom. The second kappa shape index (κ2) is 8.74. The first-order valence-electron chi connectivity index (χ1n) is 9.70. The highest BCUT2D eigenvalue weighted by molar-refractivity contribution is 7.13. The molecule has 4 heterocycles. The summed E-state index contributed by atoms with van der Waals surface area (Å²) in [6, 6.07) is 4.14. The molecule has 0 amide bonds. The van der Waals surface area contributed by atoms with Crippen LogP contribution in [0.1, 0.15) is 12.5 Å². The van der Waals surface area contributed by atoms with Gasteiger partial charge in [-0.1, -0.05) is 6.07 Å². The number of nitrogens with zero attached hydrogens (tertiary/aromatic N) is 6. The standard InChI is InChI=1S/C19H27N7OS/c1-15-14-26(9-10-27-15)17-3-2-16(12-22-17)13-23-18(20)24-5-7-25(8-6-24)19-21-4-11-28-19/h2-4,11-12,15H,5-10,13-14H2,1H3,(H2,20,23). The molecule has 8 nitrogen and oxygen atoms in total. The van der Waals surface area contributed by atoms with Crippen molar-refractivity contribution in [2.24, 2.45) is 10.7 Å². The summed E-state index contributed by atoms with van der Waals surface area (Å²) < 4.78 is 5.59. The number of aliphatic imine (C=N–C) groups is 1. The Balaban J connectivity index is 1.29. The predicted octanol–water partition coefficient (Wildman–Crippen LogP) is 1.40. The molecule has 0 spiro atoms. The molecule has 2 saturated heterocycles. The van der Waals surface area contributed by atoms with Crippen LogP contribution in [0.5, 0.6) is 0 Å². The fourth-order valence-electron chi connectivity index (χ4n) is 3.50. The van der Waals surface area contributed by atoms with E-state index in [-0.39, 0.29) is 6.10 Å². The van der Waals surface area contributed by atoms with Crippen LogP contribution >= 0.6 is 11.3 Å². The summed E-state index contributed by atoms with van der Waals surface area (Å²) in [6.45, 7) is 8.71. The van der Waals surface area contributed by atoms with Crippen LogP contribution in [0.3, 0.4) is 0 Å². The minimum absolute atomic E-state index is 0.246. The minimum Gasteiger partial charge on any atom is -0.375 e. The summed E-state index contributed by atoms with van der Waals surface area (Å²) in [5.41, 5.74) is 7.29. The summed E-state index contributed by atoms with van der Waals surface area (Å²) >= 11 is 1.68. The van der Waals surface area contributed by atoms with Gasteiger partial charge >= 0.3 is 0 Å². The van der Waals surface area contributed by atoms with Crippen molar-refractivity contribution >= 4 is 28.2 Å². The Morgan fingerprint density at radius 1 is 1.21 bits per heavy atom. The van der Waals surface area contributed by atoms with Gasteiger partial charge in [-0.3, -0.25) is 0 Å². The number of hydrogen-bond donors (Lipinski definition) is 1. The fourth-order valence-corrected chi connectivity index (χ4v) is 4.19. The van der Waals surface area contributed by atoms with Gasteiger partial charge in [0.2, 0.25) is 0 Å². The van der Waals surface area contributed by atoms with Crippen LogP contribution in [0.4, 0.5) is 10.9 Å². The first-order chi connectivity index (χ1) is 13.7. The van der Waals surface area contributed by atoms with Gasteiger partial charge in [0, 0.05) is 57.0 Å². The second-order valence-corrected chi connectivity index (χ2v) is 7.99. The molecule has 0 aromatic carbocycles. The molecule has 0 radical (unpaired) electrons. The first-order valence-corrected chi connectivity index (χ1v) is 10.6. The van der Waals surface area contributed by atoms with Gasteiger partial charge in [-0.25, -0.2) is 15.0 Å². The van der Waals surface area contributed by atoms with Crippen LogP contribution in [-0.4, -0.2) is 72.8 Å². The van der Waals surface area contributed by atoms with Crippen molar-refractivity contribution in [2.45, 2.75) is 19.6 Å². The number of aromatic nitrogens is 2. The summed E-state index contributed by atoms with van der Waals surface area (Å²) in [5, 5.41) is 3.09. The van der Waals surface area contributed by atoms with Crippen LogP contribution < -0.4 is 15.5 Å². The highest BCUT2D eigenvalue weighted by Gasteiger charge is 2.20. The van der Waals surface area contributed by atoms with E-state index in [1.54, 1.807) is 11.3 Å². The Hall–Kier alpha value is -2.39. The number of pyridine rings is 1. The molecule has 2 aromatic rings. The SMILES string of the molecule is CC1CN(c2ccc(CN=C(N)N3CCN(c4nccs4)CC3)cn2)CCO1. The molecule has 0 aliphatic carbocycles. The van der Waals surface area contributed by atoms with Gasteiger partial charge in [-0.15, -0.1) is 11.3 Å². The molecule has 4 rings (SSSR count). The van der Waals surface area contributed by atoms with E-state index in [2.05, 4.69) is 48.7 Å². The lowest BCUT2D eigenvalue weighted by Crippen LogP contribution is -2.51. The monoisotopic (exact) mass is 401 g/mol. The number of nitrogens with two attached hydrogens (primary N) is 1. The molecule has 28 heavy (non-hydrogen) atoms. The molecule has 9 heteroatoms. The average Bonchev–Trinajstić information content (AvgIpc) is 3.27. The molecular formula is C19H27N7OS. The maximum Gasteiger partial charge on any atom is 0.191 e. The van der Waals surface area contributed by atoms with Crippen LogP contribution in [0.25, 0.3) is 0 Å². The molecule has 1 unspecified atom stereocenters. The molecule has 2 aliphatic heterocycles. The molecule has 2 N–H and O–H groups in total. The Labute approximate surface area is 169 Å². The smallest absolute Gasteiger partial charge is 0.191 e. The third-order valence-electron chi connectivity index (χ3n) is 5.09. The zero-order chi connectivity index (χ0) is 19.3. The zero-order valence-corrected chi connectivity index (χ0v) is 17.0. The Bertz CT molecular complexity index is 772. The highest BCUT2D eigenvalue weighted by atomic mass is 32.1. The van der Waals surface area contributed by atoms with Crippen molar-refractivity contribution in [1.82, 2.24) is 14.9 Å². The number of guanidine groups is 1. The van der Waals surface area contributed by atoms with E-state index in [0.29, 0.717) is 12.5 Å². The molecule has 0 saturated carbocycles. The van der Waals surface area contributed by atoms with Gasteiger partial charge in [0.25, 0.3) is 0 Å². The Kier molecular flexibility index (Phi) is 5.92. The van der Waals surface area contributed by atoms with Gasteiger partial charge in [-0.05, 0) is 18.6 Å². The number of piperazine rings is 1. The largest absolute Gasteiger partial charge is 0.375 e. The van der Waals surface area contributed by atoms with E-state index in [4.69, 9.17) is 10.5 Å². The van der Waals surface area contributed by atoms with Gasteiger partial charge in [-0.2, -0.15) is 0 Å². The topological polar surface area (TPSA) is 83.1 Å². The van der Waals surface area contributed by atoms with E-state index < -0.39 is 0 Å². The van der Waals surface area contributed by atoms with Crippen molar-refractivity contribution in [2.75, 3.05) is 55.7 Å². The van der Waals surface area contributed by atoms with Crippen molar-refractivity contribution in [1.29, 1.82) is 0 Å². The second-order valence-electron chi connectivity index (χ2n) is 7.12. The van der Waals surface area contributed by atoms with Crippen molar-refractivity contribution < 1.29 is 4.74 Å². The van der Waals surface area contributed by atoms with Crippen LogP contribution in [0, 0.1) is 0 Å². The molecular weight excluding hydrogens is 374 g/mol. The van der Waals surface area contributed by atoms with Gasteiger partial charge in [0.05, 0.1) is 19.3 Å². The predicted molar refractivity (Wildman–Crippen MR) is 113 cm³/mol. The van der Waals surface area contributed by atoms with E-state index in [9.17, 15) is 0 Å². The highest BCUT2D eigenvalue weighted by Crippen LogP contribution is 2.19. The maximum absolute atomic E-state index is 6.22. The minimum atomic E-state index is 0.246. The first kappa shape index (κ1) is 18.9. The number of ether oxygens (including phenoxy) is 1. The molecule has 2 fully saturated rings. The van der Waals surface area contributed by atoms with E-state index >= 15 is 0 Å². The lowest BCUT2D eigenvalue weighted by molar-refractivity contribution is 0.0529. The van der Waals surface area contributed by atoms with Crippen molar-refractivity contribution in [3.8, 4) is 0 Å². The summed E-state index contributed by atoms with van der Waals surface area (Å²) in [4.78, 5) is 20.2. The van der Waals surface area contributed by atoms with E-state index in [1.807, 2.05) is 17.8 Å². The number of anilines is 2. The molecule has 150 valence electrons. The van der Waals surface area contributed by atoms with E-state index in [0.717, 1.165) is 62.4 Å². The third-order valence-corrected chi connectivity index (χ3v) is 5.92. The number of hydrogen-bond acceptors (Lipinski definition) is 7. The molecule has 2 aliphatic rings. The lowest BCUT2D eigenvalue weighted by Gasteiger charge is -2.35. The van der Waals surface area contributed by atoms with E-state index in [1.165, 1.54) is 0 Å². The summed E-state index contributed by atoms with van der Waals surface area (Å²) in [6.07, 6.45) is 3.99. The summed E-state index contributed by atoms with van der Waals surface area (Å²) in [5.74, 6) is 1.60. The average molecular weight is 402 g/mol.